The molecule has 0 aromatic carbocycles. The first-order valence-electron chi connectivity index (χ1n) is 3.71. The van der Waals surface area contributed by atoms with Gasteiger partial charge in [0, 0.05) is 0 Å². The highest BCUT2D eigenvalue weighted by Gasteiger charge is 2.27. The molecule has 0 bridgehead atoms. The first-order chi connectivity index (χ1) is 5.54. The molecule has 4 atom stereocenters. The monoisotopic (exact) mass is 177 g/mol. The normalized spacial score (nSPS) is 21.1. The van der Waals surface area contributed by atoms with Gasteiger partial charge in [0.15, 0.2) is 0 Å². The second-order valence-electron chi connectivity index (χ2n) is 2.67. The summed E-state index contributed by atoms with van der Waals surface area (Å²) >= 11 is 0. The fourth-order valence-corrected chi connectivity index (χ4v) is 0.817. The molecule has 0 unspecified atom stereocenters. The Hall–Kier alpha value is -0.490. The summed E-state index contributed by atoms with van der Waals surface area (Å²) in [5, 5.41) is 29.7. The second kappa shape index (κ2) is 5.21. The van der Waals surface area contributed by atoms with E-state index in [0.717, 1.165) is 0 Å². The number of hydrogen-bond acceptors (Lipinski definition) is 5. The van der Waals surface area contributed by atoms with Crippen molar-refractivity contribution in [3.63, 3.8) is 0 Å². The van der Waals surface area contributed by atoms with Gasteiger partial charge in [-0.3, -0.25) is 0 Å². The van der Waals surface area contributed by atoms with Gasteiger partial charge in [0.2, 0.25) is 0 Å². The summed E-state index contributed by atoms with van der Waals surface area (Å²) < 4.78 is 0. The zero-order chi connectivity index (χ0) is 9.72. The summed E-state index contributed by atoms with van der Waals surface area (Å²) in [7, 11) is 1.48. The van der Waals surface area contributed by atoms with E-state index in [4.69, 9.17) is 10.2 Å². The predicted molar refractivity (Wildman–Crippen MR) is 42.6 cm³/mol. The molecule has 0 aliphatic heterocycles. The Kier molecular flexibility index (Phi) is 5.00. The Bertz CT molecular complexity index is 139. The molecule has 5 heteroatoms. The van der Waals surface area contributed by atoms with Crippen LogP contribution in [0.15, 0.2) is 0 Å². The van der Waals surface area contributed by atoms with Gasteiger partial charge in [-0.1, -0.05) is 0 Å². The lowest BCUT2D eigenvalue weighted by molar-refractivity contribution is -0.117. The van der Waals surface area contributed by atoms with E-state index in [0.29, 0.717) is 6.29 Å². The van der Waals surface area contributed by atoms with Crippen molar-refractivity contribution in [3.05, 3.63) is 0 Å². The molecule has 0 aliphatic rings. The summed E-state index contributed by atoms with van der Waals surface area (Å²) in [5.74, 6) is 0. The molecule has 0 aromatic heterocycles. The van der Waals surface area contributed by atoms with E-state index in [1.54, 1.807) is 0 Å². The summed E-state index contributed by atoms with van der Waals surface area (Å²) in [6.45, 7) is 1.34. The highest BCUT2D eigenvalue weighted by Crippen LogP contribution is 2.02. The predicted octanol–water partition coefficient (Wildman–Crippen LogP) is -2.12. The number of nitrogens with one attached hydrogen (secondary N) is 1. The van der Waals surface area contributed by atoms with Gasteiger partial charge in [-0.2, -0.15) is 0 Å². The summed E-state index contributed by atoms with van der Waals surface area (Å²) in [5.41, 5.74) is 0. The average Bonchev–Trinajstić information content (AvgIpc) is 2.05. The largest absolute Gasteiger partial charge is 0.391 e. The van der Waals surface area contributed by atoms with Crippen LogP contribution in [0.1, 0.15) is 6.92 Å². The Balaban J connectivity index is 4.14. The van der Waals surface area contributed by atoms with E-state index >= 15 is 0 Å². The van der Waals surface area contributed by atoms with Gasteiger partial charge in [0.25, 0.3) is 0 Å². The molecular weight excluding hydrogens is 162 g/mol. The zero-order valence-electron chi connectivity index (χ0n) is 7.14. The fourth-order valence-electron chi connectivity index (χ4n) is 0.817. The maximum Gasteiger partial charge on any atom is 0.139 e. The van der Waals surface area contributed by atoms with Gasteiger partial charge in [-0.05, 0) is 14.0 Å². The molecule has 72 valence electrons. The molecule has 0 saturated carbocycles. The Morgan fingerprint density at radius 3 is 2.00 bits per heavy atom. The van der Waals surface area contributed by atoms with E-state index in [9.17, 15) is 9.90 Å². The van der Waals surface area contributed by atoms with Crippen LogP contribution in [0.5, 0.6) is 0 Å². The topological polar surface area (TPSA) is 89.8 Å². The molecule has 12 heavy (non-hydrogen) atoms. The molecule has 0 aromatic rings. The molecular formula is C7H15NO4. The number of hydrogen-bond donors (Lipinski definition) is 4. The molecule has 0 fully saturated rings. The maximum atomic E-state index is 10.3. The number of aliphatic hydroxyl groups excluding tert-OH is 3. The number of likely N-dealkylation sites (N-methyl/N-ethyl adjacent to an activating group) is 1. The molecule has 0 saturated heterocycles. The smallest absolute Gasteiger partial charge is 0.139 e. The van der Waals surface area contributed by atoms with Gasteiger partial charge in [0.1, 0.15) is 18.5 Å². The number of carbonyl (C=O) groups is 1. The summed E-state index contributed by atoms with van der Waals surface area (Å²) in [6, 6.07) is -0.852. The number of aliphatic hydroxyl groups is 3. The van der Waals surface area contributed by atoms with Crippen LogP contribution in [0, 0.1) is 0 Å². The second-order valence-corrected chi connectivity index (χ2v) is 2.67. The zero-order valence-corrected chi connectivity index (χ0v) is 7.14. The van der Waals surface area contributed by atoms with E-state index in [1.807, 2.05) is 0 Å². The fraction of sp³-hybridized carbons (Fsp3) is 0.857. The molecule has 5 nitrogen and oxygen atoms in total. The molecule has 0 spiro atoms. The van der Waals surface area contributed by atoms with Crippen molar-refractivity contribution >= 4 is 6.29 Å². The lowest BCUT2D eigenvalue weighted by atomic mass is 10.0. The molecule has 0 radical (unpaired) electrons. The molecule has 4 N–H and O–H groups in total. The van der Waals surface area contributed by atoms with E-state index in [-0.39, 0.29) is 0 Å². The standard InChI is InChI=1S/C7H15NO4/c1-4(10)6(11)7(12)5(3-9)8-2/h3-8,10-12H,1-2H3/t4-,5+,6+,7-/m1/s1. The van der Waals surface area contributed by atoms with Gasteiger partial charge in [-0.15, -0.1) is 0 Å². The van der Waals surface area contributed by atoms with Crippen LogP contribution >= 0.6 is 0 Å². The molecule has 0 heterocycles. The third-order valence-electron chi connectivity index (χ3n) is 1.69. The summed E-state index contributed by atoms with van der Waals surface area (Å²) in [6.07, 6.45) is -3.17. The lowest BCUT2D eigenvalue weighted by Crippen LogP contribution is -2.49. The van der Waals surface area contributed by atoms with Crippen molar-refractivity contribution in [2.24, 2.45) is 0 Å². The van der Waals surface area contributed by atoms with Crippen LogP contribution in [0.2, 0.25) is 0 Å². The lowest BCUT2D eigenvalue weighted by Gasteiger charge is -2.24. The van der Waals surface area contributed by atoms with Crippen LogP contribution in [0.4, 0.5) is 0 Å². The van der Waals surface area contributed by atoms with E-state index in [2.05, 4.69) is 5.32 Å². The van der Waals surface area contributed by atoms with Gasteiger partial charge in [-0.25, -0.2) is 0 Å². The van der Waals surface area contributed by atoms with Gasteiger partial charge >= 0.3 is 0 Å². The number of aldehydes is 1. The third-order valence-corrected chi connectivity index (χ3v) is 1.69. The van der Waals surface area contributed by atoms with Gasteiger partial charge in [0.05, 0.1) is 12.1 Å². The highest BCUT2D eigenvalue weighted by atomic mass is 16.4. The summed E-state index contributed by atoms with van der Waals surface area (Å²) in [4.78, 5) is 10.3. The molecule has 0 aliphatic carbocycles. The van der Waals surface area contributed by atoms with E-state index < -0.39 is 24.4 Å². The minimum Gasteiger partial charge on any atom is -0.391 e. The van der Waals surface area contributed by atoms with Crippen LogP contribution in [-0.2, 0) is 4.79 Å². The van der Waals surface area contributed by atoms with Crippen molar-refractivity contribution in [2.75, 3.05) is 7.05 Å². The maximum absolute atomic E-state index is 10.3. The minimum absolute atomic E-state index is 0.482. The first-order valence-corrected chi connectivity index (χ1v) is 3.71. The van der Waals surface area contributed by atoms with Crippen LogP contribution < -0.4 is 5.32 Å². The van der Waals surface area contributed by atoms with E-state index in [1.165, 1.54) is 14.0 Å². The average molecular weight is 177 g/mol. The highest BCUT2D eigenvalue weighted by molar-refractivity contribution is 5.58. The van der Waals surface area contributed by atoms with Crippen molar-refractivity contribution in [2.45, 2.75) is 31.3 Å². The van der Waals surface area contributed by atoms with Gasteiger partial charge < -0.3 is 25.4 Å². The van der Waals surface area contributed by atoms with Crippen LogP contribution in [-0.4, -0.2) is 53.0 Å². The van der Waals surface area contributed by atoms with Crippen molar-refractivity contribution < 1.29 is 20.1 Å². The van der Waals surface area contributed by atoms with Crippen LogP contribution in [0.3, 0.4) is 0 Å². The number of carbonyl (C=O) groups excluding carboxylic acids is 1. The Labute approximate surface area is 71.0 Å². The van der Waals surface area contributed by atoms with Crippen LogP contribution in [0.25, 0.3) is 0 Å². The Morgan fingerprint density at radius 2 is 1.75 bits per heavy atom. The SMILES string of the molecule is CN[C@@H](C=O)[C@@H](O)[C@@H](O)[C@@H](C)O. The number of rotatable bonds is 5. The quantitative estimate of drug-likeness (QED) is 0.360. The van der Waals surface area contributed by atoms with Crippen molar-refractivity contribution in [1.29, 1.82) is 0 Å². The first kappa shape index (κ1) is 11.5. The Morgan fingerprint density at radius 1 is 1.25 bits per heavy atom. The van der Waals surface area contributed by atoms with Crippen molar-refractivity contribution in [1.82, 2.24) is 5.32 Å². The molecule has 0 amide bonds. The minimum atomic E-state index is -1.31. The molecule has 0 rings (SSSR count). The van der Waals surface area contributed by atoms with Crippen molar-refractivity contribution in [3.8, 4) is 0 Å². The third kappa shape index (κ3) is 2.86.